The lowest BCUT2D eigenvalue weighted by molar-refractivity contribution is -0.144. The van der Waals surface area contributed by atoms with Crippen LogP contribution in [0.2, 0.25) is 0 Å². The molecule has 4 atom stereocenters. The first-order valence-electron chi connectivity index (χ1n) is 6.20. The fraction of sp³-hybridized carbons (Fsp3) is 0.636. The summed E-state index contributed by atoms with van der Waals surface area (Å²) < 4.78 is 0. The number of carboxylic acids is 2. The zero-order chi connectivity index (χ0) is 17.4. The fourth-order valence-corrected chi connectivity index (χ4v) is 1.39. The summed E-state index contributed by atoms with van der Waals surface area (Å²) >= 11 is 0. The minimum Gasteiger partial charge on any atom is -0.481 e. The number of hydrogen-bond acceptors (Lipinski definition) is 7. The van der Waals surface area contributed by atoms with Crippen molar-refractivity contribution >= 4 is 23.8 Å². The van der Waals surface area contributed by atoms with E-state index in [1.807, 2.05) is 10.6 Å². The lowest BCUT2D eigenvalue weighted by atomic mass is 10.1. The quantitative estimate of drug-likeness (QED) is 0.222. The van der Waals surface area contributed by atoms with Crippen LogP contribution >= 0.6 is 0 Å². The Morgan fingerprint density at radius 3 is 2.00 bits per heavy atom. The second kappa shape index (κ2) is 8.92. The lowest BCUT2D eigenvalue weighted by Crippen LogP contribution is -2.58. The van der Waals surface area contributed by atoms with Gasteiger partial charge in [-0.1, -0.05) is 0 Å². The number of carbonyl (C=O) groups excluding carboxylic acids is 2. The third-order valence-corrected chi connectivity index (χ3v) is 2.59. The Hall–Kier alpha value is -2.24. The van der Waals surface area contributed by atoms with Crippen molar-refractivity contribution in [3.63, 3.8) is 0 Å². The summed E-state index contributed by atoms with van der Waals surface area (Å²) in [7, 11) is 0. The molecule has 0 saturated heterocycles. The average Bonchev–Trinajstić information content (AvgIpc) is 2.39. The smallest absolute Gasteiger partial charge is 0.328 e. The van der Waals surface area contributed by atoms with Gasteiger partial charge in [0.05, 0.1) is 25.2 Å². The molecule has 0 aliphatic rings. The van der Waals surface area contributed by atoms with Gasteiger partial charge in [0.25, 0.3) is 0 Å². The molecular weight excluding hydrogens is 302 g/mol. The molecule has 0 unspecified atom stereocenters. The highest BCUT2D eigenvalue weighted by Gasteiger charge is 2.31. The van der Waals surface area contributed by atoms with Gasteiger partial charge in [0, 0.05) is 0 Å². The van der Waals surface area contributed by atoms with E-state index in [-0.39, 0.29) is 0 Å². The molecule has 0 aliphatic heterocycles. The summed E-state index contributed by atoms with van der Waals surface area (Å²) in [6, 6.07) is -4.61. The number of aliphatic carboxylic acids is 2. The first-order chi connectivity index (χ1) is 10.1. The predicted molar refractivity (Wildman–Crippen MR) is 70.5 cm³/mol. The maximum Gasteiger partial charge on any atom is 0.328 e. The second-order valence-electron chi connectivity index (χ2n) is 4.51. The maximum atomic E-state index is 11.8. The van der Waals surface area contributed by atoms with Gasteiger partial charge < -0.3 is 36.8 Å². The van der Waals surface area contributed by atoms with Gasteiger partial charge in [0.15, 0.2) is 0 Å². The molecule has 126 valence electrons. The van der Waals surface area contributed by atoms with Crippen molar-refractivity contribution in [3.8, 4) is 0 Å². The molecular formula is C11H19N3O8. The fourth-order valence-electron chi connectivity index (χ4n) is 1.39. The number of hydrogen-bond donors (Lipinski definition) is 7. The Morgan fingerprint density at radius 2 is 1.64 bits per heavy atom. The van der Waals surface area contributed by atoms with Gasteiger partial charge >= 0.3 is 11.9 Å². The molecule has 8 N–H and O–H groups in total. The van der Waals surface area contributed by atoms with Crippen LogP contribution in [-0.4, -0.2) is 75.0 Å². The third-order valence-electron chi connectivity index (χ3n) is 2.59. The summed E-state index contributed by atoms with van der Waals surface area (Å²) in [5.41, 5.74) is 5.30. The van der Waals surface area contributed by atoms with Crippen molar-refractivity contribution in [2.45, 2.75) is 37.6 Å². The van der Waals surface area contributed by atoms with Crippen LogP contribution in [0.3, 0.4) is 0 Å². The van der Waals surface area contributed by atoms with E-state index in [1.54, 1.807) is 0 Å². The van der Waals surface area contributed by atoms with Crippen molar-refractivity contribution in [2.24, 2.45) is 5.73 Å². The van der Waals surface area contributed by atoms with E-state index < -0.39 is 61.0 Å². The summed E-state index contributed by atoms with van der Waals surface area (Å²) in [6.07, 6.45) is -2.09. The SMILES string of the molecule is C[C@@H](O)[C@H](NC(=O)[C@@H](N)CC(=O)O)C(=O)N[C@@H](CO)C(=O)O. The molecule has 11 heteroatoms. The number of rotatable bonds is 9. The Kier molecular flexibility index (Phi) is 8.01. The Bertz CT molecular complexity index is 439. The molecule has 0 saturated carbocycles. The predicted octanol–water partition coefficient (Wildman–Crippen LogP) is -3.78. The number of carboxylic acid groups (broad SMARTS) is 2. The van der Waals surface area contributed by atoms with Gasteiger partial charge in [0.1, 0.15) is 12.1 Å². The van der Waals surface area contributed by atoms with Crippen LogP contribution in [-0.2, 0) is 19.2 Å². The number of amides is 2. The van der Waals surface area contributed by atoms with Crippen LogP contribution in [0, 0.1) is 0 Å². The zero-order valence-electron chi connectivity index (χ0n) is 11.7. The van der Waals surface area contributed by atoms with Crippen molar-refractivity contribution in [1.29, 1.82) is 0 Å². The van der Waals surface area contributed by atoms with Crippen molar-refractivity contribution < 1.29 is 39.6 Å². The average molecular weight is 321 g/mol. The highest BCUT2D eigenvalue weighted by molar-refractivity contribution is 5.93. The zero-order valence-corrected chi connectivity index (χ0v) is 11.7. The lowest BCUT2D eigenvalue weighted by Gasteiger charge is -2.23. The highest BCUT2D eigenvalue weighted by atomic mass is 16.4. The van der Waals surface area contributed by atoms with Gasteiger partial charge in [-0.05, 0) is 6.92 Å². The highest BCUT2D eigenvalue weighted by Crippen LogP contribution is 1.98. The number of nitrogens with one attached hydrogen (secondary N) is 2. The summed E-state index contributed by atoms with van der Waals surface area (Å²) in [4.78, 5) is 44.6. The van der Waals surface area contributed by atoms with Crippen LogP contribution < -0.4 is 16.4 Å². The van der Waals surface area contributed by atoms with E-state index in [0.29, 0.717) is 0 Å². The minimum atomic E-state index is -1.61. The van der Waals surface area contributed by atoms with Crippen LogP contribution in [0.5, 0.6) is 0 Å². The number of nitrogens with two attached hydrogens (primary N) is 1. The molecule has 0 aromatic heterocycles. The molecule has 0 aromatic rings. The molecule has 0 rings (SSSR count). The normalized spacial score (nSPS) is 16.0. The van der Waals surface area contributed by atoms with Gasteiger partial charge in [-0.15, -0.1) is 0 Å². The molecule has 0 radical (unpaired) electrons. The van der Waals surface area contributed by atoms with E-state index in [4.69, 9.17) is 21.1 Å². The van der Waals surface area contributed by atoms with Gasteiger partial charge in [-0.2, -0.15) is 0 Å². The first kappa shape index (κ1) is 19.8. The van der Waals surface area contributed by atoms with Gasteiger partial charge in [-0.25, -0.2) is 4.79 Å². The Balaban J connectivity index is 4.85. The number of aliphatic hydroxyl groups is 2. The van der Waals surface area contributed by atoms with Crippen LogP contribution in [0.25, 0.3) is 0 Å². The van der Waals surface area contributed by atoms with Gasteiger partial charge in [0.2, 0.25) is 11.8 Å². The summed E-state index contributed by atoms with van der Waals surface area (Å²) in [5, 5.41) is 39.4. The van der Waals surface area contributed by atoms with E-state index in [2.05, 4.69) is 0 Å². The van der Waals surface area contributed by atoms with Crippen molar-refractivity contribution in [1.82, 2.24) is 10.6 Å². The molecule has 0 aromatic carbocycles. The van der Waals surface area contributed by atoms with E-state index in [0.717, 1.165) is 6.92 Å². The van der Waals surface area contributed by atoms with Crippen LogP contribution in [0.4, 0.5) is 0 Å². The Morgan fingerprint density at radius 1 is 1.09 bits per heavy atom. The van der Waals surface area contributed by atoms with Crippen LogP contribution in [0.1, 0.15) is 13.3 Å². The maximum absolute atomic E-state index is 11.8. The standard InChI is InChI=1S/C11H19N3O8/c1-4(16)8(10(20)13-6(3-15)11(21)22)14-9(19)5(12)2-7(17)18/h4-6,8,15-16H,2-3,12H2,1H3,(H,13,20)(H,14,19)(H,17,18)(H,21,22)/t4-,5+,6+,8+/m1/s1. The molecule has 0 fully saturated rings. The van der Waals surface area contributed by atoms with Gasteiger partial charge in [-0.3, -0.25) is 14.4 Å². The summed E-state index contributed by atoms with van der Waals surface area (Å²) in [5.74, 6) is -4.90. The molecule has 0 aliphatic carbocycles. The van der Waals surface area contributed by atoms with Crippen LogP contribution in [0.15, 0.2) is 0 Å². The topological polar surface area (TPSA) is 199 Å². The van der Waals surface area contributed by atoms with E-state index in [9.17, 15) is 24.3 Å². The second-order valence-corrected chi connectivity index (χ2v) is 4.51. The number of carbonyl (C=O) groups is 4. The molecule has 0 bridgehead atoms. The molecule has 2 amide bonds. The van der Waals surface area contributed by atoms with E-state index in [1.165, 1.54) is 0 Å². The van der Waals surface area contributed by atoms with E-state index >= 15 is 0 Å². The van der Waals surface area contributed by atoms with Crippen molar-refractivity contribution in [2.75, 3.05) is 6.61 Å². The largest absolute Gasteiger partial charge is 0.481 e. The first-order valence-corrected chi connectivity index (χ1v) is 6.20. The summed E-state index contributed by atoms with van der Waals surface area (Å²) in [6.45, 7) is 0.266. The van der Waals surface area contributed by atoms with Crippen molar-refractivity contribution in [3.05, 3.63) is 0 Å². The molecule has 0 heterocycles. The third kappa shape index (κ3) is 6.47. The minimum absolute atomic E-state index is 0.686. The molecule has 0 spiro atoms. The molecule has 11 nitrogen and oxygen atoms in total. The number of aliphatic hydroxyl groups excluding tert-OH is 2. The molecule has 22 heavy (non-hydrogen) atoms. The Labute approximate surface area is 125 Å². The monoisotopic (exact) mass is 321 g/mol.